The van der Waals surface area contributed by atoms with E-state index in [9.17, 15) is 44.1 Å². The summed E-state index contributed by atoms with van der Waals surface area (Å²) in [6.45, 7) is 39.1. The molecule has 3 atom stereocenters. The van der Waals surface area contributed by atoms with Crippen LogP contribution in [0, 0.1) is 93.2 Å². The summed E-state index contributed by atoms with van der Waals surface area (Å²) in [5.41, 5.74) is 1.83. The van der Waals surface area contributed by atoms with E-state index < -0.39 is 17.9 Å². The first-order valence-corrected chi connectivity index (χ1v) is 48.7. The highest BCUT2D eigenvalue weighted by Gasteiger charge is 2.46. The molecule has 4 aromatic heterocycles. The van der Waals surface area contributed by atoms with Crippen molar-refractivity contribution >= 4 is 86.7 Å². The van der Waals surface area contributed by atoms with Gasteiger partial charge in [-0.05, 0) is 325 Å². The van der Waals surface area contributed by atoms with Crippen molar-refractivity contribution < 1.29 is 72.5 Å². The highest BCUT2D eigenvalue weighted by atomic mass is 32.1. The van der Waals surface area contributed by atoms with Crippen molar-refractivity contribution in [1.29, 1.82) is 0 Å². The van der Waals surface area contributed by atoms with Crippen molar-refractivity contribution in [3.05, 3.63) is 83.8 Å². The molecule has 0 aromatic carbocycles. The first-order valence-electron chi connectivity index (χ1n) is 46.2. The predicted octanol–water partition coefficient (Wildman–Crippen LogP) is 21.0. The van der Waals surface area contributed by atoms with Gasteiger partial charge in [0.2, 0.25) is 23.6 Å². The number of anilines is 3. The number of aromatic nitrogens is 1. The zero-order valence-corrected chi connectivity index (χ0v) is 79.6. The smallest absolute Gasteiger partial charge is 0.348 e. The molecule has 21 nitrogen and oxygen atoms in total. The van der Waals surface area contributed by atoms with Gasteiger partial charge < -0.3 is 68.2 Å². The minimum atomic E-state index is -1.01. The number of carbonyl (C=O) groups is 6. The average Bonchev–Trinajstić information content (AvgIpc) is 1.60. The van der Waals surface area contributed by atoms with Crippen LogP contribution in [0.3, 0.4) is 0 Å². The number of nitrogens with zero attached hydrogens (tertiary/aromatic N) is 6. The molecule has 0 spiro atoms. The largest absolute Gasteiger partial charge is 0.477 e. The summed E-state index contributed by atoms with van der Waals surface area (Å²) in [4.78, 5) is 96.8. The van der Waals surface area contributed by atoms with E-state index in [4.69, 9.17) is 28.4 Å². The van der Waals surface area contributed by atoms with Crippen LogP contribution in [0.15, 0.2) is 49.0 Å². The van der Waals surface area contributed by atoms with Gasteiger partial charge in [0.05, 0.1) is 69.3 Å². The zero-order valence-electron chi connectivity index (χ0n) is 77.2. The lowest BCUT2D eigenvalue weighted by Gasteiger charge is -2.41. The summed E-state index contributed by atoms with van der Waals surface area (Å²) < 4.78 is 36.8. The fraction of sp³-hybridized carbons (Fsp3) is 0.690. The van der Waals surface area contributed by atoms with Gasteiger partial charge in [0.15, 0.2) is 12.2 Å². The van der Waals surface area contributed by atoms with Crippen LogP contribution in [-0.2, 0) is 44.6 Å². The van der Waals surface area contributed by atoms with Gasteiger partial charge in [-0.1, -0.05) is 56.3 Å². The fourth-order valence-electron chi connectivity index (χ4n) is 18.9. The van der Waals surface area contributed by atoms with Crippen molar-refractivity contribution in [2.24, 2.45) is 57.7 Å². The Morgan fingerprint density at radius 1 is 0.484 bits per heavy atom. The number of carbonyl (C=O) groups excluding carboxylic acids is 3. The number of hydrogen-bond donors (Lipinski definition) is 3. The second-order valence-electron chi connectivity index (χ2n) is 41.2. The van der Waals surface area contributed by atoms with Crippen molar-refractivity contribution in [2.75, 3.05) is 55.1 Å². The van der Waals surface area contributed by atoms with Gasteiger partial charge in [0.25, 0.3) is 0 Å². The van der Waals surface area contributed by atoms with E-state index in [-0.39, 0.29) is 127 Å². The lowest BCUT2D eigenvalue weighted by Crippen LogP contribution is -2.47. The summed E-state index contributed by atoms with van der Waals surface area (Å²) in [7, 11) is 4.07. The number of hydrogen-bond acceptors (Lipinski definition) is 18. The van der Waals surface area contributed by atoms with E-state index in [0.29, 0.717) is 67.9 Å². The number of rotatable bonds is 22. The highest BCUT2D eigenvalue weighted by Crippen LogP contribution is 2.46. The Morgan fingerprint density at radius 3 is 1.20 bits per heavy atom. The SMILES string of the molecule is C=C(OC(C)(C)C)N1CCC(OC2CCC(N(C(=O)C3CCC(C)CC3)c3cc(C#CC(C)(C)C)sc3C(=O)O)CC2)CC1.CC1CCC(C(=O)N(c2cc(C#CC(C)(C)C)sc2C(=O)O)C2CCC(O[C@@H]3CO[C@H]4OCC[C@H]43)CC2)CC1.CC1CCC(C(=O)N(c2cc(C#CC(C)(C)C)sc2C(=O)O)C2CCC(Oc3cc(CN(C)C)ccn3)CC2)CC1. The van der Waals surface area contributed by atoms with Gasteiger partial charge in [0.1, 0.15) is 26.3 Å². The van der Waals surface area contributed by atoms with Gasteiger partial charge in [0, 0.05) is 89.9 Å². The predicted molar refractivity (Wildman–Crippen MR) is 493 cm³/mol. The van der Waals surface area contributed by atoms with E-state index in [1.54, 1.807) is 6.20 Å². The van der Waals surface area contributed by atoms with E-state index in [0.717, 1.165) is 211 Å². The van der Waals surface area contributed by atoms with Crippen molar-refractivity contribution in [2.45, 2.75) is 344 Å². The van der Waals surface area contributed by atoms with Gasteiger partial charge >= 0.3 is 17.9 Å². The first-order chi connectivity index (χ1) is 58.6. The van der Waals surface area contributed by atoms with Gasteiger partial charge in [-0.3, -0.25) is 14.4 Å². The average molecular weight is 1760 g/mol. The van der Waals surface area contributed by atoms with Crippen LogP contribution in [0.2, 0.25) is 0 Å². The monoisotopic (exact) mass is 1760 g/mol. The topological polar surface area (TPSA) is 248 Å². The number of carboxylic acids is 3. The maximum absolute atomic E-state index is 14.2. The molecule has 4 aromatic rings. The molecule has 3 saturated heterocycles. The number of piperidine rings is 1. The molecular formula is C100H142N6O15S3. The number of pyridine rings is 1. The summed E-state index contributed by atoms with van der Waals surface area (Å²) in [5.74, 6) is 19.8. The number of fused-ring (bicyclic) bond motifs is 1. The summed E-state index contributed by atoms with van der Waals surface area (Å²) >= 11 is 3.53. The Labute approximate surface area is 751 Å². The minimum Gasteiger partial charge on any atom is -0.477 e. The quantitative estimate of drug-likeness (QED) is 0.0489. The fourth-order valence-corrected chi connectivity index (χ4v) is 21.4. The standard InChI is InChI=1S/C36H54N2O5S.C33H45N3O4S.C31H43NO6S/c1-24-9-11-26(12-10-24)33(39)38(31-23-30(17-20-35(3,4)5)44-32(31)34(40)41)27-13-15-28(16-14-27)42-29-18-21-37(22-19-29)25(2)43-36(6,7)8;1-22-7-9-24(10-8-22)31(37)36(28-20-27(15-17-33(2,3)4)41-30(28)32(38)39)25-11-13-26(14-12-25)40-29-19-23(16-18-34-29)21-35(5)6;1-19-5-7-20(8-6-19)28(33)32(25-17-23(13-15-31(2,3)4)39-27(25)29(34)35)21-9-11-22(12-10-21)38-26-18-37-30-24(26)14-16-36-30/h23-24,26-29H,2,9-16,18-19,21-22H2,1,3-8H3,(H,40,41);16,18-20,22,24-26H,7-14,21H2,1-6H3,(H,38,39);17,19-22,24,26,30H,5-12,14,16,18H2,1-4H3,(H,34,35)/t;;19?,20?,21?,22?,24-,26+,30+/m..0/s1. The van der Waals surface area contributed by atoms with Crippen molar-refractivity contribution in [1.82, 2.24) is 14.8 Å². The Hall–Kier alpha value is -7.31. The van der Waals surface area contributed by atoms with Crippen LogP contribution in [0.25, 0.3) is 0 Å². The molecule has 0 unspecified atom stereocenters. The number of carboxylic acid groups (broad SMARTS) is 3. The molecule has 680 valence electrons. The Kier molecular flexibility index (Phi) is 33.9. The summed E-state index contributed by atoms with van der Waals surface area (Å²) in [6, 6.07) is 9.35. The number of ether oxygens (including phenoxy) is 6. The summed E-state index contributed by atoms with van der Waals surface area (Å²) in [6.07, 6.45) is 26.1. The van der Waals surface area contributed by atoms with E-state index in [1.165, 1.54) is 34.0 Å². The second kappa shape index (κ2) is 43.2. The molecule has 3 amide bonds. The third-order valence-electron chi connectivity index (χ3n) is 25.6. The van der Waals surface area contributed by atoms with E-state index in [2.05, 4.69) is 77.7 Å². The lowest BCUT2D eigenvalue weighted by molar-refractivity contribution is -0.125. The molecule has 0 radical (unpaired) electrons. The molecule has 3 N–H and O–H groups in total. The highest BCUT2D eigenvalue weighted by molar-refractivity contribution is 7.16. The van der Waals surface area contributed by atoms with Gasteiger partial charge in [-0.15, -0.1) is 34.0 Å². The van der Waals surface area contributed by atoms with Crippen LogP contribution >= 0.6 is 34.0 Å². The van der Waals surface area contributed by atoms with Crippen LogP contribution < -0.4 is 19.4 Å². The molecule has 3 aliphatic heterocycles. The number of amides is 3. The third kappa shape index (κ3) is 27.9. The lowest BCUT2D eigenvalue weighted by atomic mass is 9.81. The van der Waals surface area contributed by atoms with Crippen LogP contribution in [0.1, 0.15) is 326 Å². The van der Waals surface area contributed by atoms with Crippen LogP contribution in [0.5, 0.6) is 5.88 Å². The number of aromatic carboxylic acids is 3. The Morgan fingerprint density at radius 2 is 0.847 bits per heavy atom. The van der Waals surface area contributed by atoms with Crippen molar-refractivity contribution in [3.8, 4) is 41.4 Å². The normalized spacial score (nSPS) is 26.8. The zero-order chi connectivity index (χ0) is 89.7. The molecular weight excluding hydrogens is 1620 g/mol. The summed E-state index contributed by atoms with van der Waals surface area (Å²) in [5, 5.41) is 30.5. The molecule has 9 aliphatic rings. The molecule has 0 bridgehead atoms. The van der Waals surface area contributed by atoms with E-state index in [1.807, 2.05) is 142 Å². The first kappa shape index (κ1) is 97.3. The van der Waals surface area contributed by atoms with Gasteiger partial charge in [-0.25, -0.2) is 19.4 Å². The molecule has 7 heterocycles. The number of thiophene rings is 3. The molecule has 13 rings (SSSR count). The Bertz CT molecular complexity index is 4480. The maximum Gasteiger partial charge on any atom is 0.348 e. The van der Waals surface area contributed by atoms with E-state index >= 15 is 0 Å². The van der Waals surface area contributed by atoms with Crippen molar-refractivity contribution in [3.63, 3.8) is 0 Å². The third-order valence-corrected chi connectivity index (χ3v) is 28.6. The molecule has 24 heteroatoms. The Balaban J connectivity index is 0.000000181. The van der Waals surface area contributed by atoms with Crippen LogP contribution in [-0.4, -0.2) is 167 Å². The minimum absolute atomic E-state index is 0.00969. The molecule has 9 fully saturated rings. The van der Waals surface area contributed by atoms with Gasteiger partial charge in [-0.2, -0.15) is 0 Å². The molecule has 6 aliphatic carbocycles. The maximum atomic E-state index is 14.2. The molecule has 6 saturated carbocycles. The number of likely N-dealkylation sites (tertiary alicyclic amines) is 1. The molecule has 124 heavy (non-hydrogen) atoms. The second-order valence-corrected chi connectivity index (χ2v) is 44.3. The van der Waals surface area contributed by atoms with Crippen LogP contribution in [0.4, 0.5) is 17.1 Å².